The number of rotatable bonds is 7. The van der Waals surface area contributed by atoms with Crippen LogP contribution in [-0.4, -0.2) is 38.0 Å². The molecule has 3 aromatic heterocycles. The SMILES string of the molecule is FC(F)(F)C(F)(F)C(F)(F)C(F)(F)c1cc2[nH]c1c(-c1ccc(Cl)cc1)c1nc(c(-c3ccc(Cl)cc3)c3nc(c(-c4ccc(Cl)cc4)c4ccc([nH]4)c2-c2ccc(Cl)cc2)C=C3)C=C1. The fraction of sp³-hybridized carbons (Fsp3) is 0.0833. The van der Waals surface area contributed by atoms with Crippen molar-refractivity contribution in [2.45, 2.75) is 23.9 Å². The molecule has 0 unspecified atom stereocenters. The van der Waals surface area contributed by atoms with E-state index in [1.165, 1.54) is 60.7 Å². The number of alkyl halides is 9. The van der Waals surface area contributed by atoms with E-state index in [0.717, 1.165) is 0 Å². The molecule has 8 bridgehead atoms. The van der Waals surface area contributed by atoms with Gasteiger partial charge in [-0.15, -0.1) is 0 Å². The van der Waals surface area contributed by atoms with Crippen LogP contribution in [0.3, 0.4) is 0 Å². The van der Waals surface area contributed by atoms with Crippen LogP contribution in [0.4, 0.5) is 39.5 Å². The molecule has 9 rings (SSSR count). The number of hydrogen-bond acceptors (Lipinski definition) is 2. The van der Waals surface area contributed by atoms with Gasteiger partial charge in [0.05, 0.1) is 33.9 Å². The molecule has 7 aromatic rings. The maximum atomic E-state index is 16.8. The van der Waals surface area contributed by atoms with Gasteiger partial charge in [0.15, 0.2) is 0 Å². The molecule has 2 aliphatic heterocycles. The van der Waals surface area contributed by atoms with Crippen LogP contribution >= 0.6 is 46.4 Å². The molecule has 0 fully saturated rings. The normalized spacial score (nSPS) is 13.2. The number of halogens is 13. The van der Waals surface area contributed by atoms with Crippen molar-refractivity contribution in [3.63, 3.8) is 0 Å². The van der Waals surface area contributed by atoms with E-state index in [9.17, 15) is 22.0 Å². The summed E-state index contributed by atoms with van der Waals surface area (Å²) in [5, 5.41) is 1.25. The zero-order chi connectivity index (χ0) is 46.2. The minimum absolute atomic E-state index is 0.00399. The van der Waals surface area contributed by atoms with Gasteiger partial charge in [0.1, 0.15) is 0 Å². The molecule has 0 saturated carbocycles. The van der Waals surface area contributed by atoms with Gasteiger partial charge < -0.3 is 9.97 Å². The lowest BCUT2D eigenvalue weighted by molar-refractivity contribution is -0.399. The number of fused-ring (bicyclic) bond motifs is 8. The highest BCUT2D eigenvalue weighted by Crippen LogP contribution is 2.58. The van der Waals surface area contributed by atoms with Crippen LogP contribution in [0, 0.1) is 0 Å². The molecule has 0 amide bonds. The number of nitrogens with zero attached hydrogens (tertiary/aromatic N) is 2. The topological polar surface area (TPSA) is 57.4 Å². The summed E-state index contributed by atoms with van der Waals surface area (Å²) in [4.78, 5) is 15.9. The lowest BCUT2D eigenvalue weighted by atomic mass is 9.94. The van der Waals surface area contributed by atoms with Crippen molar-refractivity contribution >= 4 is 92.8 Å². The predicted octanol–water partition coefficient (Wildman–Crippen LogP) is 16.9. The van der Waals surface area contributed by atoms with Crippen LogP contribution in [0.15, 0.2) is 115 Å². The van der Waals surface area contributed by atoms with Crippen molar-refractivity contribution < 1.29 is 39.5 Å². The average molecular weight is 971 g/mol. The smallest absolute Gasteiger partial charge is 0.354 e. The van der Waals surface area contributed by atoms with E-state index >= 15 is 17.6 Å². The van der Waals surface area contributed by atoms with Gasteiger partial charge in [0, 0.05) is 58.9 Å². The monoisotopic (exact) mass is 968 g/mol. The van der Waals surface area contributed by atoms with Crippen molar-refractivity contribution in [3.05, 3.63) is 164 Å². The average Bonchev–Trinajstić information content (AvgIpc) is 4.10. The van der Waals surface area contributed by atoms with Gasteiger partial charge in [-0.25, -0.2) is 9.97 Å². The molecule has 5 heterocycles. The second-order valence-electron chi connectivity index (χ2n) is 14.9. The Hall–Kier alpha value is -5.99. The maximum absolute atomic E-state index is 16.8. The Morgan fingerprint density at radius 2 is 0.723 bits per heavy atom. The quantitative estimate of drug-likeness (QED) is 0.156. The molecule has 17 heteroatoms. The molecule has 0 aliphatic carbocycles. The van der Waals surface area contributed by atoms with Crippen LogP contribution in [-0.2, 0) is 5.92 Å². The molecule has 0 atom stereocenters. The number of hydrogen-bond donors (Lipinski definition) is 2. The molecule has 2 N–H and O–H groups in total. The van der Waals surface area contributed by atoms with Crippen molar-refractivity contribution in [2.75, 3.05) is 0 Å². The summed E-state index contributed by atoms with van der Waals surface area (Å²) in [6.07, 6.45) is -0.693. The standard InChI is InChI=1S/C48H25Cl4F9N4/c49-28-9-1-24(2-10-28)40-33-17-18-34(62-33)41(25-3-11-29(50)12-4-25)36-21-22-38(64-36)43(27-7-15-31(52)16-8-27)44-32(45(53,54)46(55,56)47(57,58)48(59,60)61)23-39(65-44)42(37-20-19-35(40)63-37)26-5-13-30(51)14-6-26/h1-23,63,65H. The molecule has 328 valence electrons. The molecular weight excluding hydrogens is 945 g/mol. The van der Waals surface area contributed by atoms with Gasteiger partial charge >= 0.3 is 23.9 Å². The first-order chi connectivity index (χ1) is 30.7. The molecule has 65 heavy (non-hydrogen) atoms. The third kappa shape index (κ3) is 7.67. The number of nitrogens with one attached hydrogen (secondary N) is 2. The van der Waals surface area contributed by atoms with Crippen LogP contribution in [0.25, 0.3) is 90.9 Å². The minimum atomic E-state index is -7.21. The highest BCUT2D eigenvalue weighted by atomic mass is 35.5. The van der Waals surface area contributed by atoms with Crippen LogP contribution in [0.1, 0.15) is 28.3 Å². The van der Waals surface area contributed by atoms with E-state index in [-0.39, 0.29) is 49.2 Å². The van der Waals surface area contributed by atoms with Gasteiger partial charge in [0.25, 0.3) is 0 Å². The molecular formula is C48H25Cl4F9N4. The Morgan fingerprint density at radius 1 is 0.369 bits per heavy atom. The number of benzene rings is 4. The summed E-state index contributed by atoms with van der Waals surface area (Å²) in [6.45, 7) is 0. The second-order valence-corrected chi connectivity index (χ2v) is 16.7. The van der Waals surface area contributed by atoms with Gasteiger partial charge in [0.2, 0.25) is 0 Å². The molecule has 4 aromatic carbocycles. The Balaban J connectivity index is 1.54. The van der Waals surface area contributed by atoms with Crippen LogP contribution in [0.5, 0.6) is 0 Å². The zero-order valence-electron chi connectivity index (χ0n) is 32.6. The number of aromatic nitrogens is 4. The van der Waals surface area contributed by atoms with Crippen LogP contribution < -0.4 is 0 Å². The fourth-order valence-corrected chi connectivity index (χ4v) is 8.26. The van der Waals surface area contributed by atoms with Crippen molar-refractivity contribution in [1.29, 1.82) is 0 Å². The van der Waals surface area contributed by atoms with E-state index in [4.69, 9.17) is 56.4 Å². The van der Waals surface area contributed by atoms with Gasteiger partial charge in [-0.3, -0.25) is 0 Å². The van der Waals surface area contributed by atoms with E-state index in [1.807, 2.05) is 0 Å². The van der Waals surface area contributed by atoms with E-state index < -0.39 is 40.5 Å². The summed E-state index contributed by atoms with van der Waals surface area (Å²) in [7, 11) is 0. The summed E-state index contributed by atoms with van der Waals surface area (Å²) in [5.74, 6) is -20.5. The first kappa shape index (κ1) is 44.2. The largest absolute Gasteiger partial charge is 0.460 e. The maximum Gasteiger partial charge on any atom is 0.460 e. The molecule has 2 aliphatic rings. The lowest BCUT2D eigenvalue weighted by Gasteiger charge is -2.33. The number of H-pyrrole nitrogens is 2. The van der Waals surface area contributed by atoms with Crippen LogP contribution in [0.2, 0.25) is 20.1 Å². The Labute approximate surface area is 382 Å². The Morgan fingerprint density at radius 3 is 1.15 bits per heavy atom. The predicted molar refractivity (Wildman–Crippen MR) is 240 cm³/mol. The lowest BCUT2D eigenvalue weighted by Crippen LogP contribution is -2.59. The third-order valence-corrected chi connectivity index (χ3v) is 11.9. The summed E-state index contributed by atoms with van der Waals surface area (Å²) in [6, 6.07) is 28.4. The van der Waals surface area contributed by atoms with E-state index in [1.54, 1.807) is 72.8 Å². The second kappa shape index (κ2) is 16.2. The fourth-order valence-electron chi connectivity index (χ4n) is 7.76. The summed E-state index contributed by atoms with van der Waals surface area (Å²) >= 11 is 25.0. The third-order valence-electron chi connectivity index (χ3n) is 10.9. The first-order valence-corrected chi connectivity index (χ1v) is 20.7. The minimum Gasteiger partial charge on any atom is -0.354 e. The molecule has 0 spiro atoms. The molecule has 0 saturated heterocycles. The van der Waals surface area contributed by atoms with Gasteiger partial charge in [-0.05, 0) is 113 Å². The highest BCUT2D eigenvalue weighted by molar-refractivity contribution is 6.31. The van der Waals surface area contributed by atoms with Crippen molar-refractivity contribution in [3.8, 4) is 44.5 Å². The zero-order valence-corrected chi connectivity index (χ0v) is 35.6. The number of aromatic amines is 2. The summed E-state index contributed by atoms with van der Waals surface area (Å²) in [5.41, 5.74) is 0.150. The van der Waals surface area contributed by atoms with Gasteiger partial charge in [-0.1, -0.05) is 94.9 Å². The van der Waals surface area contributed by atoms with E-state index in [2.05, 4.69) is 9.97 Å². The highest BCUT2D eigenvalue weighted by Gasteiger charge is 2.82. The van der Waals surface area contributed by atoms with E-state index in [0.29, 0.717) is 55.3 Å². The Bertz CT molecular complexity index is 3250. The van der Waals surface area contributed by atoms with Gasteiger partial charge in [-0.2, -0.15) is 39.5 Å². The summed E-state index contributed by atoms with van der Waals surface area (Å²) < 4.78 is 136. The first-order valence-electron chi connectivity index (χ1n) is 19.2. The molecule has 0 radical (unpaired) electrons. The van der Waals surface area contributed by atoms with Crippen molar-refractivity contribution in [2.24, 2.45) is 0 Å². The Kier molecular flexibility index (Phi) is 11.0. The molecule has 4 nitrogen and oxygen atoms in total. The van der Waals surface area contributed by atoms with Crippen molar-refractivity contribution in [1.82, 2.24) is 19.9 Å².